The molecule has 0 fully saturated rings. The van der Waals surface area contributed by atoms with Gasteiger partial charge in [0.25, 0.3) is 0 Å². The SMILES string of the molecule is CCCc1ccc(OCC#Cc2cccc(C(=O)OC)c2)cc1. The van der Waals surface area contributed by atoms with Gasteiger partial charge in [-0.15, -0.1) is 0 Å². The van der Waals surface area contributed by atoms with Crippen LogP contribution in [0.5, 0.6) is 5.75 Å². The van der Waals surface area contributed by atoms with Gasteiger partial charge < -0.3 is 9.47 Å². The summed E-state index contributed by atoms with van der Waals surface area (Å²) in [5, 5.41) is 0. The van der Waals surface area contributed by atoms with Crippen molar-refractivity contribution in [2.24, 2.45) is 0 Å². The van der Waals surface area contributed by atoms with E-state index in [1.807, 2.05) is 18.2 Å². The van der Waals surface area contributed by atoms with Crippen LogP contribution in [0, 0.1) is 11.8 Å². The summed E-state index contributed by atoms with van der Waals surface area (Å²) in [6.45, 7) is 2.46. The molecule has 0 radical (unpaired) electrons. The quantitative estimate of drug-likeness (QED) is 0.621. The maximum absolute atomic E-state index is 11.5. The Hall–Kier alpha value is -2.73. The zero-order valence-electron chi connectivity index (χ0n) is 13.5. The van der Waals surface area contributed by atoms with Crippen LogP contribution in [0.2, 0.25) is 0 Å². The summed E-state index contributed by atoms with van der Waals surface area (Å²) in [6.07, 6.45) is 2.22. The number of hydrogen-bond donors (Lipinski definition) is 0. The third kappa shape index (κ3) is 5.19. The summed E-state index contributed by atoms with van der Waals surface area (Å²) in [5.74, 6) is 6.38. The van der Waals surface area contributed by atoms with Crippen LogP contribution in [-0.2, 0) is 11.2 Å². The first-order valence-electron chi connectivity index (χ1n) is 7.62. The minimum absolute atomic E-state index is 0.301. The fraction of sp³-hybridized carbons (Fsp3) is 0.250. The van der Waals surface area contributed by atoms with Gasteiger partial charge in [-0.2, -0.15) is 0 Å². The summed E-state index contributed by atoms with van der Waals surface area (Å²) < 4.78 is 10.3. The predicted molar refractivity (Wildman–Crippen MR) is 90.6 cm³/mol. The van der Waals surface area contributed by atoms with Gasteiger partial charge in [-0.25, -0.2) is 4.79 Å². The van der Waals surface area contributed by atoms with Crippen molar-refractivity contribution in [2.75, 3.05) is 13.7 Å². The van der Waals surface area contributed by atoms with Crippen LogP contribution in [0.1, 0.15) is 34.8 Å². The molecular formula is C20H20O3. The molecule has 0 heterocycles. The molecule has 118 valence electrons. The van der Waals surface area contributed by atoms with Crippen molar-refractivity contribution in [1.82, 2.24) is 0 Å². The third-order valence-corrected chi connectivity index (χ3v) is 3.29. The summed E-state index contributed by atoms with van der Waals surface area (Å²) in [4.78, 5) is 11.5. The third-order valence-electron chi connectivity index (χ3n) is 3.29. The lowest BCUT2D eigenvalue weighted by Gasteiger charge is -2.03. The largest absolute Gasteiger partial charge is 0.481 e. The lowest BCUT2D eigenvalue weighted by molar-refractivity contribution is 0.0600. The number of carbonyl (C=O) groups is 1. The number of carbonyl (C=O) groups excluding carboxylic acids is 1. The van der Waals surface area contributed by atoms with Crippen LogP contribution in [0.15, 0.2) is 48.5 Å². The zero-order valence-corrected chi connectivity index (χ0v) is 13.5. The lowest BCUT2D eigenvalue weighted by atomic mass is 10.1. The topological polar surface area (TPSA) is 35.5 Å². The van der Waals surface area contributed by atoms with Crippen molar-refractivity contribution >= 4 is 5.97 Å². The van der Waals surface area contributed by atoms with E-state index in [9.17, 15) is 4.79 Å². The maximum atomic E-state index is 11.5. The monoisotopic (exact) mass is 308 g/mol. The number of benzene rings is 2. The van der Waals surface area contributed by atoms with Crippen molar-refractivity contribution in [3.05, 3.63) is 65.2 Å². The van der Waals surface area contributed by atoms with Gasteiger partial charge in [0.1, 0.15) is 12.4 Å². The number of aryl methyl sites for hydroxylation is 1. The van der Waals surface area contributed by atoms with Gasteiger partial charge in [0.05, 0.1) is 12.7 Å². The van der Waals surface area contributed by atoms with Crippen molar-refractivity contribution in [3.63, 3.8) is 0 Å². The first-order chi connectivity index (χ1) is 11.2. The highest BCUT2D eigenvalue weighted by molar-refractivity contribution is 5.89. The van der Waals surface area contributed by atoms with Crippen molar-refractivity contribution in [1.29, 1.82) is 0 Å². The van der Waals surface area contributed by atoms with Gasteiger partial charge in [-0.3, -0.25) is 0 Å². The van der Waals surface area contributed by atoms with Gasteiger partial charge in [-0.05, 0) is 42.3 Å². The van der Waals surface area contributed by atoms with Crippen molar-refractivity contribution in [3.8, 4) is 17.6 Å². The summed E-state index contributed by atoms with van der Waals surface area (Å²) in [6, 6.07) is 15.1. The van der Waals surface area contributed by atoms with E-state index >= 15 is 0 Å². The van der Waals surface area contributed by atoms with Gasteiger partial charge in [0.15, 0.2) is 0 Å². The molecule has 0 unspecified atom stereocenters. The molecule has 3 heteroatoms. The minimum Gasteiger partial charge on any atom is -0.481 e. The molecule has 23 heavy (non-hydrogen) atoms. The van der Waals surface area contributed by atoms with Crippen LogP contribution in [-0.4, -0.2) is 19.7 Å². The van der Waals surface area contributed by atoms with E-state index in [1.165, 1.54) is 12.7 Å². The average molecular weight is 308 g/mol. The van der Waals surface area contributed by atoms with Crippen molar-refractivity contribution in [2.45, 2.75) is 19.8 Å². The summed E-state index contributed by atoms with van der Waals surface area (Å²) in [5.41, 5.74) is 2.56. The van der Waals surface area contributed by atoms with Crippen LogP contribution in [0.3, 0.4) is 0 Å². The van der Waals surface area contributed by atoms with Crippen LogP contribution in [0.4, 0.5) is 0 Å². The molecule has 3 nitrogen and oxygen atoms in total. The predicted octanol–water partition coefficient (Wildman–Crippen LogP) is 3.86. The van der Waals surface area contributed by atoms with E-state index in [-0.39, 0.29) is 5.97 Å². The number of esters is 1. The average Bonchev–Trinajstić information content (AvgIpc) is 2.60. The Kier molecular flexibility index (Phi) is 6.26. The lowest BCUT2D eigenvalue weighted by Crippen LogP contribution is -2.01. The Morgan fingerprint density at radius 2 is 1.91 bits per heavy atom. The molecule has 2 aromatic rings. The highest BCUT2D eigenvalue weighted by Gasteiger charge is 2.04. The Bertz CT molecular complexity index is 706. The van der Waals surface area contributed by atoms with Crippen LogP contribution in [0.25, 0.3) is 0 Å². The van der Waals surface area contributed by atoms with Gasteiger partial charge in [0, 0.05) is 5.56 Å². The van der Waals surface area contributed by atoms with E-state index in [0.29, 0.717) is 12.2 Å². The molecule has 0 aliphatic carbocycles. The van der Waals surface area contributed by atoms with E-state index in [1.54, 1.807) is 18.2 Å². The fourth-order valence-corrected chi connectivity index (χ4v) is 2.14. The number of ether oxygens (including phenoxy) is 2. The molecule has 0 aliphatic heterocycles. The molecule has 0 spiro atoms. The first-order valence-corrected chi connectivity index (χ1v) is 7.62. The van der Waals surface area contributed by atoms with E-state index in [4.69, 9.17) is 4.74 Å². The molecule has 0 bridgehead atoms. The maximum Gasteiger partial charge on any atom is 0.337 e. The molecule has 0 aromatic heterocycles. The van der Waals surface area contributed by atoms with E-state index in [0.717, 1.165) is 24.2 Å². The Balaban J connectivity index is 1.91. The molecular weight excluding hydrogens is 288 g/mol. The Morgan fingerprint density at radius 1 is 1.13 bits per heavy atom. The van der Waals surface area contributed by atoms with Gasteiger partial charge >= 0.3 is 5.97 Å². The summed E-state index contributed by atoms with van der Waals surface area (Å²) in [7, 11) is 1.36. The number of hydrogen-bond acceptors (Lipinski definition) is 3. The van der Waals surface area contributed by atoms with Gasteiger partial charge in [-0.1, -0.05) is 43.4 Å². The van der Waals surface area contributed by atoms with E-state index < -0.39 is 0 Å². The van der Waals surface area contributed by atoms with Crippen molar-refractivity contribution < 1.29 is 14.3 Å². The smallest absolute Gasteiger partial charge is 0.337 e. The second-order valence-corrected chi connectivity index (χ2v) is 5.06. The number of methoxy groups -OCH3 is 1. The minimum atomic E-state index is -0.364. The molecule has 0 aliphatic rings. The molecule has 0 N–H and O–H groups in total. The molecule has 0 amide bonds. The highest BCUT2D eigenvalue weighted by Crippen LogP contribution is 2.13. The van der Waals surface area contributed by atoms with E-state index in [2.05, 4.69) is 35.6 Å². The molecule has 2 aromatic carbocycles. The standard InChI is InChI=1S/C20H20O3/c1-3-6-16-10-12-19(13-11-16)23-14-5-8-17-7-4-9-18(15-17)20(21)22-2/h4,7,9-13,15H,3,6,14H2,1-2H3. The Morgan fingerprint density at radius 3 is 2.61 bits per heavy atom. The molecule has 0 atom stereocenters. The highest BCUT2D eigenvalue weighted by atomic mass is 16.5. The molecule has 0 saturated carbocycles. The fourth-order valence-electron chi connectivity index (χ4n) is 2.14. The van der Waals surface area contributed by atoms with Crippen LogP contribution >= 0.6 is 0 Å². The second kappa shape index (κ2) is 8.65. The summed E-state index contributed by atoms with van der Waals surface area (Å²) >= 11 is 0. The molecule has 2 rings (SSSR count). The Labute approximate surface area is 137 Å². The second-order valence-electron chi connectivity index (χ2n) is 5.06. The first kappa shape index (κ1) is 16.6. The normalized spacial score (nSPS) is 9.65. The van der Waals surface area contributed by atoms with Gasteiger partial charge in [0.2, 0.25) is 0 Å². The number of rotatable bonds is 5. The van der Waals surface area contributed by atoms with Crippen LogP contribution < -0.4 is 4.74 Å². The molecule has 0 saturated heterocycles. The zero-order chi connectivity index (χ0) is 16.5.